The number of ketones is 1. The number of allylic oxidation sites excluding steroid dienone is 2. The van der Waals surface area contributed by atoms with Crippen LogP contribution in [-0.2, 0) is 4.79 Å². The molecule has 0 saturated carbocycles. The zero-order valence-electron chi connectivity index (χ0n) is 4.70. The highest BCUT2D eigenvalue weighted by molar-refractivity contribution is 6.43. The first-order valence-electron chi connectivity index (χ1n) is 2.60. The Bertz CT molecular complexity index is 158. The van der Waals surface area contributed by atoms with Crippen molar-refractivity contribution >= 4 is 17.4 Å². The minimum Gasteiger partial charge on any atom is -0.293 e. The molecular weight excluding hydrogens is 124 g/mol. The summed E-state index contributed by atoms with van der Waals surface area (Å²) < 4.78 is 0. The van der Waals surface area contributed by atoms with Gasteiger partial charge < -0.3 is 0 Å². The Labute approximate surface area is 53.3 Å². The third kappa shape index (κ3) is 0.781. The Kier molecular flexibility index (Phi) is 1.39. The van der Waals surface area contributed by atoms with E-state index in [2.05, 4.69) is 0 Å². The molecule has 0 aromatic heterocycles. The molecular formula is C6H7ClO. The molecule has 1 nitrogen and oxygen atoms in total. The molecule has 1 aliphatic carbocycles. The quantitative estimate of drug-likeness (QED) is 0.489. The third-order valence-electron chi connectivity index (χ3n) is 1.35. The van der Waals surface area contributed by atoms with Crippen molar-refractivity contribution in [3.05, 3.63) is 10.6 Å². The average Bonchev–Trinajstić information content (AvgIpc) is 1.98. The monoisotopic (exact) mass is 130 g/mol. The van der Waals surface area contributed by atoms with Crippen LogP contribution in [0.3, 0.4) is 0 Å². The van der Waals surface area contributed by atoms with Crippen molar-refractivity contribution in [2.75, 3.05) is 0 Å². The number of halogens is 1. The Hall–Kier alpha value is -0.300. The summed E-state index contributed by atoms with van der Waals surface area (Å²) in [6.07, 6.45) is 1.47. The summed E-state index contributed by atoms with van der Waals surface area (Å²) in [4.78, 5) is 10.6. The lowest BCUT2D eigenvalue weighted by Gasteiger charge is -1.83. The van der Waals surface area contributed by atoms with E-state index in [-0.39, 0.29) is 5.78 Å². The fraction of sp³-hybridized carbons (Fsp3) is 0.500. The van der Waals surface area contributed by atoms with Crippen molar-refractivity contribution in [1.29, 1.82) is 0 Å². The van der Waals surface area contributed by atoms with Gasteiger partial charge in [-0.25, -0.2) is 0 Å². The second-order valence-corrected chi connectivity index (χ2v) is 2.40. The standard InChI is InChI=1S/C6H7ClO/c1-4-2-3-5(8)6(4)7/h2-3H2,1H3. The van der Waals surface area contributed by atoms with E-state index < -0.39 is 0 Å². The van der Waals surface area contributed by atoms with Crippen LogP contribution >= 0.6 is 11.6 Å². The fourth-order valence-corrected chi connectivity index (χ4v) is 0.948. The van der Waals surface area contributed by atoms with Gasteiger partial charge in [-0.15, -0.1) is 0 Å². The lowest BCUT2D eigenvalue weighted by Crippen LogP contribution is -1.86. The molecule has 0 radical (unpaired) electrons. The lowest BCUT2D eigenvalue weighted by molar-refractivity contribution is -0.114. The van der Waals surface area contributed by atoms with Crippen molar-refractivity contribution in [2.45, 2.75) is 19.8 Å². The van der Waals surface area contributed by atoms with E-state index >= 15 is 0 Å². The van der Waals surface area contributed by atoms with E-state index in [9.17, 15) is 4.79 Å². The maximum Gasteiger partial charge on any atom is 0.174 e. The van der Waals surface area contributed by atoms with Crippen LogP contribution < -0.4 is 0 Å². The van der Waals surface area contributed by atoms with Gasteiger partial charge in [0.1, 0.15) is 0 Å². The van der Waals surface area contributed by atoms with E-state index in [1.807, 2.05) is 6.92 Å². The summed E-state index contributed by atoms with van der Waals surface area (Å²) >= 11 is 5.54. The normalized spacial score (nSPS) is 20.5. The first-order valence-corrected chi connectivity index (χ1v) is 2.98. The molecule has 0 saturated heterocycles. The Morgan fingerprint density at radius 1 is 1.50 bits per heavy atom. The summed E-state index contributed by atoms with van der Waals surface area (Å²) in [5.74, 6) is 0.101. The Morgan fingerprint density at radius 2 is 2.12 bits per heavy atom. The second-order valence-electron chi connectivity index (χ2n) is 2.02. The molecule has 0 spiro atoms. The molecule has 1 aliphatic rings. The molecule has 44 valence electrons. The summed E-state index contributed by atoms with van der Waals surface area (Å²) in [6.45, 7) is 1.90. The minimum atomic E-state index is 0.101. The van der Waals surface area contributed by atoms with E-state index in [1.165, 1.54) is 0 Å². The maximum absolute atomic E-state index is 10.6. The molecule has 0 bridgehead atoms. The predicted octanol–water partition coefficient (Wildman–Crippen LogP) is 1.86. The Morgan fingerprint density at radius 3 is 2.25 bits per heavy atom. The highest BCUT2D eigenvalue weighted by Crippen LogP contribution is 2.24. The van der Waals surface area contributed by atoms with Gasteiger partial charge in [0.2, 0.25) is 0 Å². The molecule has 0 amide bonds. The molecule has 0 aliphatic heterocycles. The van der Waals surface area contributed by atoms with Crippen molar-refractivity contribution < 1.29 is 4.79 Å². The van der Waals surface area contributed by atoms with Gasteiger partial charge in [-0.2, -0.15) is 0 Å². The van der Waals surface area contributed by atoms with Crippen LogP contribution in [0.1, 0.15) is 19.8 Å². The van der Waals surface area contributed by atoms with Crippen LogP contribution in [0.5, 0.6) is 0 Å². The van der Waals surface area contributed by atoms with Crippen molar-refractivity contribution in [2.24, 2.45) is 0 Å². The summed E-state index contributed by atoms with van der Waals surface area (Å²) in [5, 5.41) is 0.463. The number of hydrogen-bond donors (Lipinski definition) is 0. The number of carbonyl (C=O) groups excluding carboxylic acids is 1. The molecule has 0 aromatic carbocycles. The summed E-state index contributed by atoms with van der Waals surface area (Å²) in [7, 11) is 0. The van der Waals surface area contributed by atoms with Gasteiger partial charge >= 0.3 is 0 Å². The van der Waals surface area contributed by atoms with Crippen LogP contribution in [0, 0.1) is 0 Å². The van der Waals surface area contributed by atoms with E-state index in [0.717, 1.165) is 12.0 Å². The second kappa shape index (κ2) is 1.90. The number of carbonyl (C=O) groups is 1. The van der Waals surface area contributed by atoms with Crippen molar-refractivity contribution in [3.8, 4) is 0 Å². The van der Waals surface area contributed by atoms with Gasteiger partial charge in [-0.3, -0.25) is 4.79 Å². The van der Waals surface area contributed by atoms with Crippen LogP contribution in [0.4, 0.5) is 0 Å². The smallest absolute Gasteiger partial charge is 0.174 e. The van der Waals surface area contributed by atoms with Crippen LogP contribution in [0.2, 0.25) is 0 Å². The van der Waals surface area contributed by atoms with Crippen LogP contribution in [0.15, 0.2) is 10.6 Å². The highest BCUT2D eigenvalue weighted by Gasteiger charge is 2.16. The number of hydrogen-bond acceptors (Lipinski definition) is 1. The van der Waals surface area contributed by atoms with Gasteiger partial charge in [-0.1, -0.05) is 17.2 Å². The molecule has 8 heavy (non-hydrogen) atoms. The molecule has 0 heterocycles. The molecule has 2 heteroatoms. The number of Topliss-reactive ketones (excluding diaryl/α,β-unsaturated/α-hetero) is 1. The maximum atomic E-state index is 10.6. The van der Waals surface area contributed by atoms with Crippen molar-refractivity contribution in [3.63, 3.8) is 0 Å². The van der Waals surface area contributed by atoms with Gasteiger partial charge in [0, 0.05) is 6.42 Å². The van der Waals surface area contributed by atoms with Gasteiger partial charge in [0.05, 0.1) is 5.03 Å². The zero-order chi connectivity index (χ0) is 6.15. The summed E-state index contributed by atoms with van der Waals surface area (Å²) in [5.41, 5.74) is 1.04. The SMILES string of the molecule is CC1=C(Cl)C(=O)CC1. The summed E-state index contributed by atoms with van der Waals surface area (Å²) in [6, 6.07) is 0. The predicted molar refractivity (Wildman–Crippen MR) is 32.8 cm³/mol. The van der Waals surface area contributed by atoms with Gasteiger partial charge in [-0.05, 0) is 13.3 Å². The van der Waals surface area contributed by atoms with Gasteiger partial charge in [0.15, 0.2) is 5.78 Å². The lowest BCUT2D eigenvalue weighted by atomic mass is 10.3. The molecule has 0 N–H and O–H groups in total. The first kappa shape index (κ1) is 5.83. The number of rotatable bonds is 0. The molecule has 0 unspecified atom stereocenters. The Balaban J connectivity index is 2.86. The van der Waals surface area contributed by atoms with E-state index in [4.69, 9.17) is 11.6 Å². The first-order chi connectivity index (χ1) is 3.72. The third-order valence-corrected chi connectivity index (χ3v) is 1.88. The topological polar surface area (TPSA) is 17.1 Å². The van der Waals surface area contributed by atoms with Crippen LogP contribution in [0.25, 0.3) is 0 Å². The van der Waals surface area contributed by atoms with E-state index in [0.29, 0.717) is 11.5 Å². The van der Waals surface area contributed by atoms with E-state index in [1.54, 1.807) is 0 Å². The largest absolute Gasteiger partial charge is 0.293 e. The highest BCUT2D eigenvalue weighted by atomic mass is 35.5. The molecule has 0 fully saturated rings. The zero-order valence-corrected chi connectivity index (χ0v) is 5.46. The van der Waals surface area contributed by atoms with Crippen molar-refractivity contribution in [1.82, 2.24) is 0 Å². The minimum absolute atomic E-state index is 0.101. The molecule has 1 rings (SSSR count). The fourth-order valence-electron chi connectivity index (χ4n) is 0.759. The molecule has 0 atom stereocenters. The average molecular weight is 131 g/mol. The van der Waals surface area contributed by atoms with Gasteiger partial charge in [0.25, 0.3) is 0 Å². The van der Waals surface area contributed by atoms with Crippen LogP contribution in [-0.4, -0.2) is 5.78 Å². The molecule has 0 aromatic rings.